The number of hydrogen-bond acceptors (Lipinski definition) is 3. The molecule has 1 aliphatic carbocycles. The van der Waals surface area contributed by atoms with Crippen LogP contribution in [-0.2, 0) is 0 Å². The molecule has 0 aromatic carbocycles. The molecule has 0 saturated heterocycles. The lowest BCUT2D eigenvalue weighted by molar-refractivity contribution is 0.630. The van der Waals surface area contributed by atoms with Crippen molar-refractivity contribution in [3.05, 3.63) is 29.6 Å². The van der Waals surface area contributed by atoms with Gasteiger partial charge in [-0.25, -0.2) is 0 Å². The van der Waals surface area contributed by atoms with E-state index < -0.39 is 0 Å². The molecule has 66 valence electrons. The first-order chi connectivity index (χ1) is 6.31. The largest absolute Gasteiger partial charge is 0.324 e. The fourth-order valence-electron chi connectivity index (χ4n) is 1.43. The Balaban J connectivity index is 2.24. The maximum absolute atomic E-state index is 8.67. The Labute approximate surface area is 77.2 Å². The number of rotatable bonds is 2. The molecule has 1 aromatic rings. The molecule has 1 heterocycles. The van der Waals surface area contributed by atoms with Gasteiger partial charge in [0.2, 0.25) is 0 Å². The lowest BCUT2D eigenvalue weighted by Gasteiger charge is -2.09. The third-order valence-corrected chi connectivity index (χ3v) is 2.40. The highest BCUT2D eigenvalue weighted by molar-refractivity contribution is 5.31. The Bertz CT molecular complexity index is 349. The Morgan fingerprint density at radius 3 is 2.92 bits per heavy atom. The standard InChI is InChI=1S/C10H11N3/c11-4-7-3-9(6-13-5-7)10(12)8-1-2-8/h3,5-6,8,10H,1-2,12H2/t10-/m1/s1. The van der Waals surface area contributed by atoms with Gasteiger partial charge in [0, 0.05) is 18.4 Å². The summed E-state index contributed by atoms with van der Waals surface area (Å²) in [5.41, 5.74) is 7.55. The van der Waals surface area contributed by atoms with Crippen molar-refractivity contribution in [3.8, 4) is 6.07 Å². The summed E-state index contributed by atoms with van der Waals surface area (Å²) >= 11 is 0. The van der Waals surface area contributed by atoms with Crippen molar-refractivity contribution in [3.63, 3.8) is 0 Å². The molecule has 0 bridgehead atoms. The SMILES string of the molecule is N#Cc1cncc([C@H](N)C2CC2)c1. The van der Waals surface area contributed by atoms with Crippen LogP contribution in [0.1, 0.15) is 30.0 Å². The van der Waals surface area contributed by atoms with Crippen molar-refractivity contribution in [1.29, 1.82) is 5.26 Å². The van der Waals surface area contributed by atoms with Crippen LogP contribution in [0.25, 0.3) is 0 Å². The zero-order valence-electron chi connectivity index (χ0n) is 7.27. The van der Waals surface area contributed by atoms with E-state index in [0.717, 1.165) is 5.56 Å². The Morgan fingerprint density at radius 1 is 1.54 bits per heavy atom. The van der Waals surface area contributed by atoms with Crippen LogP contribution in [-0.4, -0.2) is 4.98 Å². The van der Waals surface area contributed by atoms with E-state index in [1.807, 2.05) is 6.07 Å². The van der Waals surface area contributed by atoms with Crippen molar-refractivity contribution < 1.29 is 0 Å². The van der Waals surface area contributed by atoms with Gasteiger partial charge in [0.1, 0.15) is 6.07 Å². The number of aromatic nitrogens is 1. The summed E-state index contributed by atoms with van der Waals surface area (Å²) in [6.45, 7) is 0. The quantitative estimate of drug-likeness (QED) is 0.734. The van der Waals surface area contributed by atoms with Crippen LogP contribution in [0.4, 0.5) is 0 Å². The molecule has 0 aliphatic heterocycles. The molecule has 0 unspecified atom stereocenters. The summed E-state index contributed by atoms with van der Waals surface area (Å²) in [7, 11) is 0. The minimum absolute atomic E-state index is 0.0702. The summed E-state index contributed by atoms with van der Waals surface area (Å²) in [5, 5.41) is 8.67. The minimum Gasteiger partial charge on any atom is -0.324 e. The summed E-state index contributed by atoms with van der Waals surface area (Å²) in [4.78, 5) is 3.98. The molecule has 2 rings (SSSR count). The lowest BCUT2D eigenvalue weighted by atomic mass is 10.0. The van der Waals surface area contributed by atoms with Crippen LogP contribution in [0.2, 0.25) is 0 Å². The second-order valence-electron chi connectivity index (χ2n) is 3.48. The van der Waals surface area contributed by atoms with Crippen LogP contribution in [0.5, 0.6) is 0 Å². The molecule has 1 atom stereocenters. The Morgan fingerprint density at radius 2 is 2.31 bits per heavy atom. The third-order valence-electron chi connectivity index (χ3n) is 2.40. The summed E-state index contributed by atoms with van der Waals surface area (Å²) in [6, 6.07) is 3.96. The summed E-state index contributed by atoms with van der Waals surface area (Å²) < 4.78 is 0. The van der Waals surface area contributed by atoms with Gasteiger partial charge < -0.3 is 5.73 Å². The van der Waals surface area contributed by atoms with Gasteiger partial charge in [0.25, 0.3) is 0 Å². The van der Waals surface area contributed by atoms with Gasteiger partial charge in [-0.1, -0.05) is 0 Å². The minimum atomic E-state index is 0.0702. The highest BCUT2D eigenvalue weighted by Crippen LogP contribution is 2.39. The number of hydrogen-bond donors (Lipinski definition) is 1. The molecule has 1 fully saturated rings. The van der Waals surface area contributed by atoms with Crippen LogP contribution in [0.15, 0.2) is 18.5 Å². The molecule has 1 aromatic heterocycles. The molecule has 1 saturated carbocycles. The van der Waals surface area contributed by atoms with E-state index >= 15 is 0 Å². The lowest BCUT2D eigenvalue weighted by Crippen LogP contribution is -2.12. The molecule has 2 N–H and O–H groups in total. The van der Waals surface area contributed by atoms with Gasteiger partial charge in [-0.15, -0.1) is 0 Å². The number of nitrogens with zero attached hydrogens (tertiary/aromatic N) is 2. The number of nitrogens with two attached hydrogens (primary N) is 1. The van der Waals surface area contributed by atoms with Crippen molar-refractivity contribution in [2.24, 2.45) is 11.7 Å². The van der Waals surface area contributed by atoms with Crippen molar-refractivity contribution in [2.45, 2.75) is 18.9 Å². The predicted molar refractivity (Wildman–Crippen MR) is 48.6 cm³/mol. The maximum Gasteiger partial charge on any atom is 0.101 e. The second kappa shape index (κ2) is 3.15. The topological polar surface area (TPSA) is 62.7 Å². The van der Waals surface area contributed by atoms with Crippen LogP contribution >= 0.6 is 0 Å². The van der Waals surface area contributed by atoms with Gasteiger partial charge in [-0.2, -0.15) is 5.26 Å². The Hall–Kier alpha value is -1.40. The molecule has 0 radical (unpaired) electrons. The van der Waals surface area contributed by atoms with Gasteiger partial charge in [0.15, 0.2) is 0 Å². The van der Waals surface area contributed by atoms with Crippen molar-refractivity contribution in [2.75, 3.05) is 0 Å². The van der Waals surface area contributed by atoms with E-state index in [-0.39, 0.29) is 6.04 Å². The summed E-state index contributed by atoms with van der Waals surface area (Å²) in [6.07, 6.45) is 5.73. The smallest absolute Gasteiger partial charge is 0.101 e. The average molecular weight is 173 g/mol. The van der Waals surface area contributed by atoms with Crippen LogP contribution in [0, 0.1) is 17.2 Å². The molecular weight excluding hydrogens is 162 g/mol. The van der Waals surface area contributed by atoms with E-state index in [0.29, 0.717) is 11.5 Å². The molecule has 1 aliphatic rings. The first kappa shape index (κ1) is 8.21. The third kappa shape index (κ3) is 1.68. The van der Waals surface area contributed by atoms with E-state index in [1.165, 1.54) is 12.8 Å². The van der Waals surface area contributed by atoms with E-state index in [4.69, 9.17) is 11.0 Å². The second-order valence-corrected chi connectivity index (χ2v) is 3.48. The van der Waals surface area contributed by atoms with Crippen molar-refractivity contribution >= 4 is 0 Å². The maximum atomic E-state index is 8.67. The highest BCUT2D eigenvalue weighted by atomic mass is 14.7. The van der Waals surface area contributed by atoms with Gasteiger partial charge in [-0.3, -0.25) is 4.98 Å². The normalized spacial score (nSPS) is 17.8. The zero-order chi connectivity index (χ0) is 9.26. The first-order valence-corrected chi connectivity index (χ1v) is 4.42. The zero-order valence-corrected chi connectivity index (χ0v) is 7.27. The van der Waals surface area contributed by atoms with E-state index in [2.05, 4.69) is 11.1 Å². The molecular formula is C10H11N3. The molecule has 13 heavy (non-hydrogen) atoms. The van der Waals surface area contributed by atoms with Gasteiger partial charge in [0.05, 0.1) is 5.56 Å². The molecule has 3 nitrogen and oxygen atoms in total. The van der Waals surface area contributed by atoms with E-state index in [1.54, 1.807) is 12.4 Å². The van der Waals surface area contributed by atoms with Crippen molar-refractivity contribution in [1.82, 2.24) is 4.98 Å². The fraction of sp³-hybridized carbons (Fsp3) is 0.400. The highest BCUT2D eigenvalue weighted by Gasteiger charge is 2.29. The average Bonchev–Trinajstić information content (AvgIpc) is 3.00. The molecule has 0 amide bonds. The first-order valence-electron chi connectivity index (χ1n) is 4.42. The van der Waals surface area contributed by atoms with Crippen LogP contribution in [0.3, 0.4) is 0 Å². The number of pyridine rings is 1. The molecule has 0 spiro atoms. The van der Waals surface area contributed by atoms with Crippen LogP contribution < -0.4 is 5.73 Å². The molecule has 3 heteroatoms. The predicted octanol–water partition coefficient (Wildman–Crippen LogP) is 1.36. The monoisotopic (exact) mass is 173 g/mol. The van der Waals surface area contributed by atoms with E-state index in [9.17, 15) is 0 Å². The number of nitriles is 1. The Kier molecular flexibility index (Phi) is 1.99. The fourth-order valence-corrected chi connectivity index (χ4v) is 1.43. The summed E-state index contributed by atoms with van der Waals surface area (Å²) in [5.74, 6) is 0.607. The van der Waals surface area contributed by atoms with Gasteiger partial charge >= 0.3 is 0 Å². The van der Waals surface area contributed by atoms with Gasteiger partial charge in [-0.05, 0) is 30.4 Å².